The van der Waals surface area contributed by atoms with Crippen molar-refractivity contribution in [1.29, 1.82) is 0 Å². The second-order valence-corrected chi connectivity index (χ2v) is 4.68. The van der Waals surface area contributed by atoms with Crippen LogP contribution >= 0.6 is 0 Å². The van der Waals surface area contributed by atoms with Crippen LogP contribution in [0.15, 0.2) is 10.7 Å². The van der Waals surface area contributed by atoms with E-state index in [2.05, 4.69) is 10.5 Å². The summed E-state index contributed by atoms with van der Waals surface area (Å²) in [5.41, 5.74) is 5.63. The van der Waals surface area contributed by atoms with Gasteiger partial charge in [-0.2, -0.15) is 0 Å². The van der Waals surface area contributed by atoms with Gasteiger partial charge >= 0.3 is 0 Å². The molecule has 0 spiro atoms. The van der Waals surface area contributed by atoms with Gasteiger partial charge in [0, 0.05) is 6.04 Å². The molecular formula is C12H18N4O3. The molecule has 0 radical (unpaired) electrons. The van der Waals surface area contributed by atoms with E-state index in [0.717, 1.165) is 25.9 Å². The minimum absolute atomic E-state index is 0.0237. The van der Waals surface area contributed by atoms with E-state index in [0.29, 0.717) is 11.3 Å². The number of nitrogens with two attached hydrogens (primary N) is 1. The van der Waals surface area contributed by atoms with E-state index in [1.807, 2.05) is 0 Å². The Labute approximate surface area is 111 Å². The lowest BCUT2D eigenvalue weighted by Gasteiger charge is -2.33. The Kier molecular flexibility index (Phi) is 4.16. The maximum absolute atomic E-state index is 12.5. The Morgan fingerprint density at radius 2 is 2.21 bits per heavy atom. The molecule has 0 bridgehead atoms. The van der Waals surface area contributed by atoms with E-state index < -0.39 is 5.91 Å². The fourth-order valence-electron chi connectivity index (χ4n) is 2.31. The van der Waals surface area contributed by atoms with E-state index in [1.54, 1.807) is 6.92 Å². The lowest BCUT2D eigenvalue weighted by molar-refractivity contribution is -0.119. The molecule has 0 atom stereocenters. The third-order valence-electron chi connectivity index (χ3n) is 3.32. The SMILES string of the molecule is Cc1oncc1C(=O)N(CC(N)=O)C1CCNCC1. The zero-order valence-corrected chi connectivity index (χ0v) is 10.9. The minimum Gasteiger partial charge on any atom is -0.368 e. The second-order valence-electron chi connectivity index (χ2n) is 4.68. The fraction of sp³-hybridized carbons (Fsp3) is 0.583. The molecule has 2 heterocycles. The molecule has 7 nitrogen and oxygen atoms in total. The van der Waals surface area contributed by atoms with Crippen LogP contribution in [-0.4, -0.2) is 47.5 Å². The molecule has 1 aliphatic heterocycles. The highest BCUT2D eigenvalue weighted by molar-refractivity contribution is 5.97. The first-order chi connectivity index (χ1) is 9.09. The van der Waals surface area contributed by atoms with Gasteiger partial charge in [0.15, 0.2) is 0 Å². The quantitative estimate of drug-likeness (QED) is 0.776. The van der Waals surface area contributed by atoms with E-state index in [1.165, 1.54) is 11.1 Å². The number of amides is 2. The number of carbonyl (C=O) groups is 2. The van der Waals surface area contributed by atoms with Crippen LogP contribution in [0.3, 0.4) is 0 Å². The Balaban J connectivity index is 2.19. The standard InChI is InChI=1S/C12H18N4O3/c1-8-10(6-15-19-8)12(18)16(7-11(13)17)9-2-4-14-5-3-9/h6,9,14H,2-5,7H2,1H3,(H2,13,17). The van der Waals surface area contributed by atoms with Crippen LogP contribution in [0.2, 0.25) is 0 Å². The average molecular weight is 266 g/mol. The summed E-state index contributed by atoms with van der Waals surface area (Å²) in [6, 6.07) is 0.0237. The fourth-order valence-corrected chi connectivity index (χ4v) is 2.31. The van der Waals surface area contributed by atoms with Crippen molar-refractivity contribution in [2.24, 2.45) is 5.73 Å². The minimum atomic E-state index is -0.513. The molecule has 0 saturated carbocycles. The van der Waals surface area contributed by atoms with Crippen LogP contribution in [0.5, 0.6) is 0 Å². The van der Waals surface area contributed by atoms with Gasteiger partial charge < -0.3 is 20.5 Å². The largest absolute Gasteiger partial charge is 0.368 e. The number of primary amides is 1. The number of hydrogen-bond acceptors (Lipinski definition) is 5. The first kappa shape index (κ1) is 13.5. The van der Waals surface area contributed by atoms with Crippen LogP contribution in [0.1, 0.15) is 29.0 Å². The maximum atomic E-state index is 12.5. The first-order valence-corrected chi connectivity index (χ1v) is 6.31. The molecule has 2 rings (SSSR count). The van der Waals surface area contributed by atoms with E-state index in [-0.39, 0.29) is 18.5 Å². The van der Waals surface area contributed by atoms with Gasteiger partial charge in [-0.25, -0.2) is 0 Å². The second kappa shape index (κ2) is 5.83. The number of piperidine rings is 1. The van der Waals surface area contributed by atoms with Crippen molar-refractivity contribution in [3.63, 3.8) is 0 Å². The topological polar surface area (TPSA) is 101 Å². The maximum Gasteiger partial charge on any atom is 0.259 e. The summed E-state index contributed by atoms with van der Waals surface area (Å²) in [6.07, 6.45) is 3.00. The van der Waals surface area contributed by atoms with Gasteiger partial charge in [0.1, 0.15) is 11.3 Å². The zero-order valence-electron chi connectivity index (χ0n) is 10.9. The third-order valence-corrected chi connectivity index (χ3v) is 3.32. The number of nitrogens with one attached hydrogen (secondary N) is 1. The van der Waals surface area contributed by atoms with E-state index in [4.69, 9.17) is 10.3 Å². The van der Waals surface area contributed by atoms with Crippen LogP contribution in [0.4, 0.5) is 0 Å². The Bertz CT molecular complexity index is 465. The van der Waals surface area contributed by atoms with Crippen molar-refractivity contribution >= 4 is 11.8 Å². The molecule has 0 aliphatic carbocycles. The molecule has 1 fully saturated rings. The van der Waals surface area contributed by atoms with Crippen LogP contribution < -0.4 is 11.1 Å². The van der Waals surface area contributed by atoms with Gasteiger partial charge in [-0.05, 0) is 32.9 Å². The molecule has 104 valence electrons. The lowest BCUT2D eigenvalue weighted by Crippen LogP contribution is -2.49. The zero-order chi connectivity index (χ0) is 13.8. The summed E-state index contributed by atoms with van der Waals surface area (Å²) < 4.78 is 4.90. The van der Waals surface area contributed by atoms with Crippen molar-refractivity contribution in [2.45, 2.75) is 25.8 Å². The van der Waals surface area contributed by atoms with Crippen LogP contribution in [0.25, 0.3) is 0 Å². The molecule has 3 N–H and O–H groups in total. The molecule has 0 unspecified atom stereocenters. The summed E-state index contributed by atoms with van der Waals surface area (Å²) in [6.45, 7) is 3.25. The van der Waals surface area contributed by atoms with Crippen molar-refractivity contribution < 1.29 is 14.1 Å². The molecule has 2 amide bonds. The molecule has 7 heteroatoms. The summed E-state index contributed by atoms with van der Waals surface area (Å²) in [5.74, 6) is -0.307. The van der Waals surface area contributed by atoms with Gasteiger partial charge in [0.25, 0.3) is 5.91 Å². The predicted octanol–water partition coefficient (Wildman–Crippen LogP) is -0.337. The average Bonchev–Trinajstić information content (AvgIpc) is 2.82. The predicted molar refractivity (Wildman–Crippen MR) is 67.4 cm³/mol. The first-order valence-electron chi connectivity index (χ1n) is 6.31. The highest BCUT2D eigenvalue weighted by atomic mass is 16.5. The van der Waals surface area contributed by atoms with Gasteiger partial charge in [0.2, 0.25) is 5.91 Å². The van der Waals surface area contributed by atoms with Gasteiger partial charge in [0.05, 0.1) is 12.7 Å². The summed E-state index contributed by atoms with van der Waals surface area (Å²) >= 11 is 0. The molecule has 1 aliphatic rings. The highest BCUT2D eigenvalue weighted by Gasteiger charge is 2.29. The third kappa shape index (κ3) is 3.11. The molecule has 0 aromatic carbocycles. The normalized spacial score (nSPS) is 16.3. The van der Waals surface area contributed by atoms with E-state index >= 15 is 0 Å². The smallest absolute Gasteiger partial charge is 0.259 e. The van der Waals surface area contributed by atoms with Crippen molar-refractivity contribution in [3.8, 4) is 0 Å². The number of nitrogens with zero attached hydrogens (tertiary/aromatic N) is 2. The Hall–Kier alpha value is -1.89. The number of rotatable bonds is 4. The van der Waals surface area contributed by atoms with Crippen molar-refractivity contribution in [2.75, 3.05) is 19.6 Å². The highest BCUT2D eigenvalue weighted by Crippen LogP contribution is 2.17. The summed E-state index contributed by atoms with van der Waals surface area (Å²) in [7, 11) is 0. The van der Waals surface area contributed by atoms with Crippen LogP contribution in [-0.2, 0) is 4.79 Å². The van der Waals surface area contributed by atoms with Crippen molar-refractivity contribution in [1.82, 2.24) is 15.4 Å². The van der Waals surface area contributed by atoms with Gasteiger partial charge in [-0.3, -0.25) is 9.59 Å². The number of carbonyl (C=O) groups excluding carboxylic acids is 2. The van der Waals surface area contributed by atoms with Crippen LogP contribution in [0, 0.1) is 6.92 Å². The van der Waals surface area contributed by atoms with E-state index in [9.17, 15) is 9.59 Å². The molecule has 19 heavy (non-hydrogen) atoms. The summed E-state index contributed by atoms with van der Waals surface area (Å²) in [5, 5.41) is 6.82. The van der Waals surface area contributed by atoms with Gasteiger partial charge in [-0.15, -0.1) is 0 Å². The number of aromatic nitrogens is 1. The van der Waals surface area contributed by atoms with Gasteiger partial charge in [-0.1, -0.05) is 5.16 Å². The summed E-state index contributed by atoms with van der Waals surface area (Å²) in [4.78, 5) is 25.2. The number of aryl methyl sites for hydroxylation is 1. The Morgan fingerprint density at radius 3 is 2.74 bits per heavy atom. The molecular weight excluding hydrogens is 248 g/mol. The molecule has 1 saturated heterocycles. The monoisotopic (exact) mass is 266 g/mol. The van der Waals surface area contributed by atoms with Crippen molar-refractivity contribution in [3.05, 3.63) is 17.5 Å². The lowest BCUT2D eigenvalue weighted by atomic mass is 10.0. The molecule has 1 aromatic rings. The Morgan fingerprint density at radius 1 is 1.53 bits per heavy atom. The molecule has 1 aromatic heterocycles. The number of hydrogen-bond donors (Lipinski definition) is 2.